The lowest BCUT2D eigenvalue weighted by atomic mass is 10.2. The third kappa shape index (κ3) is 3.23. The molecule has 0 saturated carbocycles. The molecule has 0 aliphatic rings. The summed E-state index contributed by atoms with van der Waals surface area (Å²) in [7, 11) is 1.18. The minimum atomic E-state index is -0.727. The molecule has 108 valence electrons. The molecule has 21 heavy (non-hydrogen) atoms. The molecule has 0 saturated heterocycles. The van der Waals surface area contributed by atoms with E-state index in [0.717, 1.165) is 23.5 Å². The molecule has 0 N–H and O–H groups in total. The monoisotopic (exact) mass is 307 g/mol. The molecule has 1 aromatic heterocycles. The van der Waals surface area contributed by atoms with E-state index in [1.54, 1.807) is 11.4 Å². The zero-order valence-corrected chi connectivity index (χ0v) is 11.6. The Balaban J connectivity index is 2.37. The number of nitro groups is 1. The van der Waals surface area contributed by atoms with Crippen LogP contribution in [0.2, 0.25) is 0 Å². The second kappa shape index (κ2) is 6.14. The van der Waals surface area contributed by atoms with Crippen LogP contribution in [0.4, 0.5) is 5.69 Å². The number of hydrogen-bond acceptors (Lipinski definition) is 7. The van der Waals surface area contributed by atoms with Crippen molar-refractivity contribution < 1.29 is 24.0 Å². The van der Waals surface area contributed by atoms with Gasteiger partial charge in [-0.25, -0.2) is 9.59 Å². The molecular formula is C13H9NO6S. The van der Waals surface area contributed by atoms with Gasteiger partial charge in [0.05, 0.1) is 17.6 Å². The molecule has 1 aromatic carbocycles. The number of carbonyl (C=O) groups excluding carboxylic acids is 2. The summed E-state index contributed by atoms with van der Waals surface area (Å²) in [5.41, 5.74) is -0.357. The maximum atomic E-state index is 11.9. The van der Waals surface area contributed by atoms with Crippen LogP contribution in [-0.4, -0.2) is 24.0 Å². The quantitative estimate of drug-likeness (QED) is 0.373. The first-order valence-electron chi connectivity index (χ1n) is 5.65. The Bertz CT molecular complexity index is 695. The maximum absolute atomic E-state index is 11.9. The number of rotatable bonds is 4. The lowest BCUT2D eigenvalue weighted by Gasteiger charge is -2.05. The summed E-state index contributed by atoms with van der Waals surface area (Å²) in [6.07, 6.45) is 0. The predicted molar refractivity (Wildman–Crippen MR) is 73.7 cm³/mol. The van der Waals surface area contributed by atoms with Crippen molar-refractivity contribution in [3.63, 3.8) is 0 Å². The average Bonchev–Trinajstić information content (AvgIpc) is 3.00. The third-order valence-electron chi connectivity index (χ3n) is 2.50. The Labute approximate surface area is 122 Å². The van der Waals surface area contributed by atoms with Crippen LogP contribution in [0.5, 0.6) is 5.75 Å². The average molecular weight is 307 g/mol. The second-order valence-corrected chi connectivity index (χ2v) is 4.75. The summed E-state index contributed by atoms with van der Waals surface area (Å²) in [4.78, 5) is 33.8. The Morgan fingerprint density at radius 1 is 1.24 bits per heavy atom. The van der Waals surface area contributed by atoms with Crippen LogP contribution in [0, 0.1) is 10.1 Å². The molecule has 2 rings (SSSR count). The SMILES string of the molecule is COC(=O)c1ccc([N+](=O)[O-])c(OC(=O)c2cccs2)c1. The van der Waals surface area contributed by atoms with Crippen molar-refractivity contribution in [1.82, 2.24) is 0 Å². The molecule has 8 heteroatoms. The Morgan fingerprint density at radius 2 is 2.00 bits per heavy atom. The highest BCUT2D eigenvalue weighted by Gasteiger charge is 2.21. The summed E-state index contributed by atoms with van der Waals surface area (Å²) < 4.78 is 9.53. The fraction of sp³-hybridized carbons (Fsp3) is 0.0769. The van der Waals surface area contributed by atoms with Crippen LogP contribution in [0.25, 0.3) is 0 Å². The second-order valence-electron chi connectivity index (χ2n) is 3.80. The van der Waals surface area contributed by atoms with E-state index in [1.807, 2.05) is 0 Å². The molecule has 0 spiro atoms. The van der Waals surface area contributed by atoms with Crippen LogP contribution in [0.1, 0.15) is 20.0 Å². The minimum absolute atomic E-state index is 0.0529. The first-order chi connectivity index (χ1) is 10.0. The highest BCUT2D eigenvalue weighted by molar-refractivity contribution is 7.12. The first kappa shape index (κ1) is 14.7. The number of hydrogen-bond donors (Lipinski definition) is 0. The molecule has 7 nitrogen and oxygen atoms in total. The van der Waals surface area contributed by atoms with Gasteiger partial charge in [0.25, 0.3) is 0 Å². The molecule has 0 bridgehead atoms. The van der Waals surface area contributed by atoms with Crippen molar-refractivity contribution in [1.29, 1.82) is 0 Å². The number of thiophene rings is 1. The summed E-state index contributed by atoms with van der Waals surface area (Å²) in [6.45, 7) is 0. The highest BCUT2D eigenvalue weighted by Crippen LogP contribution is 2.29. The molecule has 0 fully saturated rings. The van der Waals surface area contributed by atoms with Gasteiger partial charge in [-0.05, 0) is 17.5 Å². The fourth-order valence-electron chi connectivity index (χ4n) is 1.54. The topological polar surface area (TPSA) is 95.7 Å². The van der Waals surface area contributed by atoms with Crippen molar-refractivity contribution in [3.05, 3.63) is 56.3 Å². The van der Waals surface area contributed by atoms with Gasteiger partial charge < -0.3 is 9.47 Å². The number of ether oxygens (including phenoxy) is 2. The van der Waals surface area contributed by atoms with Gasteiger partial charge in [0.15, 0.2) is 0 Å². The third-order valence-corrected chi connectivity index (χ3v) is 3.35. The maximum Gasteiger partial charge on any atom is 0.353 e. The van der Waals surface area contributed by atoms with E-state index < -0.39 is 22.5 Å². The lowest BCUT2D eigenvalue weighted by Crippen LogP contribution is -2.09. The number of methoxy groups -OCH3 is 1. The van der Waals surface area contributed by atoms with Crippen molar-refractivity contribution in [2.24, 2.45) is 0 Å². The van der Waals surface area contributed by atoms with E-state index in [1.165, 1.54) is 19.2 Å². The molecule has 0 unspecified atom stereocenters. The van der Waals surface area contributed by atoms with Crippen molar-refractivity contribution in [3.8, 4) is 5.75 Å². The molecule has 0 amide bonds. The Hall–Kier alpha value is -2.74. The van der Waals surface area contributed by atoms with E-state index in [-0.39, 0.29) is 11.3 Å². The molecular weight excluding hydrogens is 298 g/mol. The molecule has 0 aliphatic carbocycles. The van der Waals surface area contributed by atoms with Gasteiger partial charge in [0, 0.05) is 12.1 Å². The largest absolute Gasteiger partial charge is 0.465 e. The fourth-order valence-corrected chi connectivity index (χ4v) is 2.14. The summed E-state index contributed by atoms with van der Waals surface area (Å²) in [6, 6.07) is 6.61. The van der Waals surface area contributed by atoms with Crippen LogP contribution in [0.15, 0.2) is 35.7 Å². The standard InChI is InChI=1S/C13H9NO6S/c1-19-12(15)8-4-5-9(14(17)18)10(7-8)20-13(16)11-3-2-6-21-11/h2-7H,1H3. The van der Waals surface area contributed by atoms with Gasteiger partial charge in [-0.2, -0.15) is 0 Å². The van der Waals surface area contributed by atoms with Crippen LogP contribution in [-0.2, 0) is 4.74 Å². The van der Waals surface area contributed by atoms with E-state index in [9.17, 15) is 19.7 Å². The molecule has 0 atom stereocenters. The summed E-state index contributed by atoms with van der Waals surface area (Å²) >= 11 is 1.14. The van der Waals surface area contributed by atoms with Gasteiger partial charge in [-0.1, -0.05) is 6.07 Å². The van der Waals surface area contributed by atoms with E-state index in [4.69, 9.17) is 4.74 Å². The van der Waals surface area contributed by atoms with Crippen LogP contribution in [0.3, 0.4) is 0 Å². The lowest BCUT2D eigenvalue weighted by molar-refractivity contribution is -0.385. The van der Waals surface area contributed by atoms with Crippen molar-refractivity contribution in [2.45, 2.75) is 0 Å². The van der Waals surface area contributed by atoms with Gasteiger partial charge in [0.2, 0.25) is 5.75 Å². The van der Waals surface area contributed by atoms with Gasteiger partial charge in [-0.15, -0.1) is 11.3 Å². The van der Waals surface area contributed by atoms with Gasteiger partial charge in [-0.3, -0.25) is 10.1 Å². The molecule has 0 aliphatic heterocycles. The highest BCUT2D eigenvalue weighted by atomic mass is 32.1. The van der Waals surface area contributed by atoms with Crippen molar-refractivity contribution >= 4 is 29.0 Å². The van der Waals surface area contributed by atoms with Crippen LogP contribution < -0.4 is 4.74 Å². The van der Waals surface area contributed by atoms with Crippen LogP contribution >= 0.6 is 11.3 Å². The number of esters is 2. The number of benzene rings is 1. The summed E-state index contributed by atoms with van der Waals surface area (Å²) in [5, 5.41) is 12.6. The van der Waals surface area contributed by atoms with E-state index in [2.05, 4.69) is 4.74 Å². The molecule has 1 heterocycles. The van der Waals surface area contributed by atoms with Crippen molar-refractivity contribution in [2.75, 3.05) is 7.11 Å². The zero-order valence-electron chi connectivity index (χ0n) is 10.8. The summed E-state index contributed by atoms with van der Waals surface area (Å²) in [5.74, 6) is -1.71. The number of carbonyl (C=O) groups is 2. The zero-order chi connectivity index (χ0) is 15.4. The predicted octanol–water partition coefficient (Wildman–Crippen LogP) is 2.66. The normalized spacial score (nSPS) is 9.95. The minimum Gasteiger partial charge on any atom is -0.465 e. The molecule has 2 aromatic rings. The van der Waals surface area contributed by atoms with E-state index >= 15 is 0 Å². The Kier molecular flexibility index (Phi) is 4.29. The van der Waals surface area contributed by atoms with E-state index in [0.29, 0.717) is 4.88 Å². The van der Waals surface area contributed by atoms with Gasteiger partial charge >= 0.3 is 17.6 Å². The Morgan fingerprint density at radius 3 is 2.57 bits per heavy atom. The van der Waals surface area contributed by atoms with Gasteiger partial charge in [0.1, 0.15) is 4.88 Å². The number of nitrogens with zero attached hydrogens (tertiary/aromatic N) is 1. The molecule has 0 radical (unpaired) electrons. The number of nitro benzene ring substituents is 1. The first-order valence-corrected chi connectivity index (χ1v) is 6.53. The smallest absolute Gasteiger partial charge is 0.353 e.